The van der Waals surface area contributed by atoms with Crippen LogP contribution in [0.5, 0.6) is 0 Å². The van der Waals surface area contributed by atoms with E-state index in [1.165, 1.54) is 12.1 Å². The van der Waals surface area contributed by atoms with E-state index in [4.69, 9.17) is 0 Å². The predicted molar refractivity (Wildman–Crippen MR) is 74.4 cm³/mol. The van der Waals surface area contributed by atoms with Crippen molar-refractivity contribution in [2.45, 2.75) is 6.54 Å². The van der Waals surface area contributed by atoms with Crippen molar-refractivity contribution in [3.05, 3.63) is 58.6 Å². The van der Waals surface area contributed by atoms with E-state index in [0.717, 1.165) is 21.5 Å². The molecular weight excluding hydrogens is 311 g/mol. The molecule has 0 amide bonds. The molecule has 1 aromatic carbocycles. The predicted octanol–water partition coefficient (Wildman–Crippen LogP) is 3.24. The summed E-state index contributed by atoms with van der Waals surface area (Å²) in [7, 11) is 0. The molecule has 4 nitrogen and oxygen atoms in total. The molecule has 0 aliphatic rings. The lowest BCUT2D eigenvalue weighted by Crippen LogP contribution is -2.03. The molecule has 19 heavy (non-hydrogen) atoms. The van der Waals surface area contributed by atoms with E-state index in [0.29, 0.717) is 6.54 Å². The van der Waals surface area contributed by atoms with Crippen LogP contribution in [-0.4, -0.2) is 14.6 Å². The molecule has 0 saturated carbocycles. The smallest absolute Gasteiger partial charge is 0.157 e. The molecule has 2 aromatic heterocycles. The molecule has 0 bridgehead atoms. The van der Waals surface area contributed by atoms with Gasteiger partial charge in [-0.3, -0.25) is 0 Å². The summed E-state index contributed by atoms with van der Waals surface area (Å²) in [5.74, 6) is 0.475. The second kappa shape index (κ2) is 4.97. The topological polar surface area (TPSA) is 42.2 Å². The first-order valence-corrected chi connectivity index (χ1v) is 6.50. The van der Waals surface area contributed by atoms with Crippen molar-refractivity contribution >= 4 is 27.4 Å². The molecule has 0 spiro atoms. The zero-order valence-corrected chi connectivity index (χ0v) is 11.4. The fraction of sp³-hybridized carbons (Fsp3) is 0.0769. The summed E-state index contributed by atoms with van der Waals surface area (Å²) in [6, 6.07) is 8.26. The van der Waals surface area contributed by atoms with Gasteiger partial charge in [-0.2, -0.15) is 5.10 Å². The Morgan fingerprint density at radius 2 is 2.16 bits per heavy atom. The van der Waals surface area contributed by atoms with Gasteiger partial charge in [0.1, 0.15) is 11.6 Å². The van der Waals surface area contributed by atoms with Crippen LogP contribution in [0.1, 0.15) is 5.56 Å². The summed E-state index contributed by atoms with van der Waals surface area (Å²) in [5.41, 5.74) is 1.61. The van der Waals surface area contributed by atoms with Crippen molar-refractivity contribution in [3.63, 3.8) is 0 Å². The van der Waals surface area contributed by atoms with Gasteiger partial charge in [-0.15, -0.1) is 0 Å². The number of hydrogen-bond acceptors (Lipinski definition) is 3. The lowest BCUT2D eigenvalue weighted by molar-refractivity contribution is 0.625. The Kier molecular flexibility index (Phi) is 3.16. The van der Waals surface area contributed by atoms with Gasteiger partial charge >= 0.3 is 0 Å². The largest absolute Gasteiger partial charge is 0.366 e. The molecule has 0 radical (unpaired) electrons. The van der Waals surface area contributed by atoms with Gasteiger partial charge in [0.2, 0.25) is 0 Å². The highest BCUT2D eigenvalue weighted by molar-refractivity contribution is 9.10. The summed E-state index contributed by atoms with van der Waals surface area (Å²) in [4.78, 5) is 4.38. The number of fused-ring (bicyclic) bond motifs is 1. The summed E-state index contributed by atoms with van der Waals surface area (Å²) < 4.78 is 15.7. The summed E-state index contributed by atoms with van der Waals surface area (Å²) in [6.07, 6.45) is 3.51. The van der Waals surface area contributed by atoms with E-state index in [1.54, 1.807) is 16.8 Å². The van der Waals surface area contributed by atoms with E-state index < -0.39 is 0 Å². The standard InChI is InChI=1S/C13H10BrFN4/c14-11-2-1-10(15)7-9(11)8-16-12-4-6-19-13(18-12)3-5-17-19/h1-7H,8H2,(H,16,18). The van der Waals surface area contributed by atoms with Gasteiger partial charge in [0, 0.05) is 23.3 Å². The lowest BCUT2D eigenvalue weighted by atomic mass is 10.2. The number of nitrogens with one attached hydrogen (secondary N) is 1. The van der Waals surface area contributed by atoms with Crippen LogP contribution in [-0.2, 0) is 6.54 Å². The fourth-order valence-corrected chi connectivity index (χ4v) is 2.16. The van der Waals surface area contributed by atoms with E-state index in [-0.39, 0.29) is 5.82 Å². The second-order valence-corrected chi connectivity index (χ2v) is 4.89. The number of benzene rings is 1. The first kappa shape index (κ1) is 12.1. The molecular formula is C13H10BrFN4. The van der Waals surface area contributed by atoms with Crippen LogP contribution >= 0.6 is 15.9 Å². The Hall–Kier alpha value is -1.95. The molecule has 96 valence electrons. The number of aromatic nitrogens is 3. The molecule has 6 heteroatoms. The van der Waals surface area contributed by atoms with E-state index in [1.807, 2.05) is 18.3 Å². The monoisotopic (exact) mass is 320 g/mol. The Labute approximate surface area is 117 Å². The molecule has 3 aromatic rings. The minimum Gasteiger partial charge on any atom is -0.366 e. The van der Waals surface area contributed by atoms with Crippen molar-refractivity contribution in [2.24, 2.45) is 0 Å². The minimum atomic E-state index is -0.251. The third-order valence-corrected chi connectivity index (χ3v) is 3.50. The van der Waals surface area contributed by atoms with Gasteiger partial charge in [-0.05, 0) is 29.8 Å². The van der Waals surface area contributed by atoms with Gasteiger partial charge in [0.05, 0.1) is 6.20 Å². The summed E-state index contributed by atoms with van der Waals surface area (Å²) in [5, 5.41) is 7.24. The van der Waals surface area contributed by atoms with Crippen LogP contribution in [0, 0.1) is 5.82 Å². The van der Waals surface area contributed by atoms with Gasteiger partial charge in [-0.25, -0.2) is 13.9 Å². The number of nitrogens with zero attached hydrogens (tertiary/aromatic N) is 3. The maximum atomic E-state index is 13.2. The van der Waals surface area contributed by atoms with Gasteiger partial charge in [0.25, 0.3) is 0 Å². The van der Waals surface area contributed by atoms with Crippen molar-refractivity contribution in [1.29, 1.82) is 0 Å². The average molecular weight is 321 g/mol. The highest BCUT2D eigenvalue weighted by Crippen LogP contribution is 2.19. The van der Waals surface area contributed by atoms with E-state index in [9.17, 15) is 4.39 Å². The van der Waals surface area contributed by atoms with Crippen LogP contribution in [0.3, 0.4) is 0 Å². The molecule has 2 heterocycles. The van der Waals surface area contributed by atoms with Gasteiger partial charge in [-0.1, -0.05) is 15.9 Å². The maximum absolute atomic E-state index is 13.2. The van der Waals surface area contributed by atoms with Crippen LogP contribution in [0.2, 0.25) is 0 Å². The number of hydrogen-bond donors (Lipinski definition) is 1. The van der Waals surface area contributed by atoms with E-state index in [2.05, 4.69) is 31.3 Å². The highest BCUT2D eigenvalue weighted by Gasteiger charge is 2.03. The highest BCUT2D eigenvalue weighted by atomic mass is 79.9. The van der Waals surface area contributed by atoms with Gasteiger partial charge < -0.3 is 5.32 Å². The quantitative estimate of drug-likeness (QED) is 0.805. The van der Waals surface area contributed by atoms with Crippen molar-refractivity contribution in [2.75, 3.05) is 5.32 Å². The molecule has 0 fully saturated rings. The molecule has 3 rings (SSSR count). The fourth-order valence-electron chi connectivity index (χ4n) is 1.78. The molecule has 0 saturated heterocycles. The molecule has 0 aliphatic carbocycles. The SMILES string of the molecule is Fc1ccc(Br)c(CNc2ccn3nccc3n2)c1. The lowest BCUT2D eigenvalue weighted by Gasteiger charge is -2.08. The minimum absolute atomic E-state index is 0.251. The molecule has 0 aliphatic heterocycles. The van der Waals surface area contributed by atoms with Crippen LogP contribution < -0.4 is 5.32 Å². The van der Waals surface area contributed by atoms with Crippen LogP contribution in [0.25, 0.3) is 5.65 Å². The van der Waals surface area contributed by atoms with Crippen LogP contribution in [0.15, 0.2) is 47.2 Å². The first-order valence-electron chi connectivity index (χ1n) is 5.70. The normalized spacial score (nSPS) is 10.8. The third kappa shape index (κ3) is 2.58. The Morgan fingerprint density at radius 3 is 3.05 bits per heavy atom. The summed E-state index contributed by atoms with van der Waals surface area (Å²) >= 11 is 3.40. The van der Waals surface area contributed by atoms with E-state index >= 15 is 0 Å². The Balaban J connectivity index is 1.79. The molecule has 1 N–H and O–H groups in total. The first-order chi connectivity index (χ1) is 9.22. The third-order valence-electron chi connectivity index (χ3n) is 2.73. The average Bonchev–Trinajstić information content (AvgIpc) is 2.87. The van der Waals surface area contributed by atoms with Gasteiger partial charge in [0.15, 0.2) is 5.65 Å². The Morgan fingerprint density at radius 1 is 1.26 bits per heavy atom. The zero-order chi connectivity index (χ0) is 13.2. The number of rotatable bonds is 3. The molecule has 0 atom stereocenters. The van der Waals surface area contributed by atoms with Crippen LogP contribution in [0.4, 0.5) is 10.2 Å². The zero-order valence-electron chi connectivity index (χ0n) is 9.85. The van der Waals surface area contributed by atoms with Crippen molar-refractivity contribution < 1.29 is 4.39 Å². The number of anilines is 1. The summed E-state index contributed by atoms with van der Waals surface area (Å²) in [6.45, 7) is 0.496. The maximum Gasteiger partial charge on any atom is 0.157 e. The van der Waals surface area contributed by atoms with Crippen molar-refractivity contribution in [3.8, 4) is 0 Å². The molecule has 0 unspecified atom stereocenters. The second-order valence-electron chi connectivity index (χ2n) is 4.04. The van der Waals surface area contributed by atoms with Crippen molar-refractivity contribution in [1.82, 2.24) is 14.6 Å². The Bertz CT molecular complexity index is 725. The number of halogens is 2.